The lowest BCUT2D eigenvalue weighted by Gasteiger charge is -2.14. The number of ether oxygens (including phenoxy) is 1. The quantitative estimate of drug-likeness (QED) is 0.583. The van der Waals surface area contributed by atoms with Crippen LogP contribution in [0.5, 0.6) is 0 Å². The predicted molar refractivity (Wildman–Crippen MR) is 76.3 cm³/mol. The lowest BCUT2D eigenvalue weighted by molar-refractivity contribution is -0.173. The molecule has 0 aliphatic rings. The second-order valence-electron chi connectivity index (χ2n) is 4.90. The van der Waals surface area contributed by atoms with Crippen molar-refractivity contribution < 1.29 is 27.8 Å². The number of halogens is 3. The van der Waals surface area contributed by atoms with Gasteiger partial charge in [-0.15, -0.1) is 0 Å². The first kappa shape index (κ1) is 19.9. The Morgan fingerprint density at radius 2 is 2.12 bits per heavy atom. The van der Waals surface area contributed by atoms with Crippen LogP contribution < -0.4 is 16.6 Å². The van der Waals surface area contributed by atoms with E-state index in [1.807, 2.05) is 4.98 Å². The summed E-state index contributed by atoms with van der Waals surface area (Å²) in [6, 6.07) is 0. The molecule has 24 heavy (non-hydrogen) atoms. The fourth-order valence-corrected chi connectivity index (χ4v) is 1.72. The number of alkyl halides is 3. The first-order chi connectivity index (χ1) is 11.2. The molecule has 1 rings (SSSR count). The molecule has 1 aromatic rings. The van der Waals surface area contributed by atoms with Crippen molar-refractivity contribution in [2.24, 2.45) is 0 Å². The zero-order valence-corrected chi connectivity index (χ0v) is 12.9. The molecule has 3 N–H and O–H groups in total. The Labute approximate surface area is 134 Å². The third kappa shape index (κ3) is 5.81. The van der Waals surface area contributed by atoms with Crippen molar-refractivity contribution in [2.75, 3.05) is 13.2 Å². The molecule has 1 atom stereocenters. The molecular formula is C13H18F3N3O5. The second kappa shape index (κ2) is 8.64. The molecule has 0 saturated heterocycles. The summed E-state index contributed by atoms with van der Waals surface area (Å²) >= 11 is 0. The van der Waals surface area contributed by atoms with Crippen LogP contribution in [0.15, 0.2) is 15.8 Å². The number of hydrogen-bond donors (Lipinski definition) is 3. The molecule has 0 bridgehead atoms. The fraction of sp³-hybridized carbons (Fsp3) is 0.615. The topological polar surface area (TPSA) is 113 Å². The smallest absolute Gasteiger partial charge is 0.394 e. The highest BCUT2D eigenvalue weighted by Crippen LogP contribution is 2.13. The van der Waals surface area contributed by atoms with Crippen molar-refractivity contribution >= 4 is 5.91 Å². The molecular weight excluding hydrogens is 335 g/mol. The maximum atomic E-state index is 12.1. The van der Waals surface area contributed by atoms with Crippen LogP contribution in [0, 0.1) is 0 Å². The number of aliphatic hydroxyl groups excluding tert-OH is 1. The minimum absolute atomic E-state index is 0.0118. The van der Waals surface area contributed by atoms with Crippen LogP contribution >= 0.6 is 0 Å². The lowest BCUT2D eigenvalue weighted by Crippen LogP contribution is -2.39. The van der Waals surface area contributed by atoms with Gasteiger partial charge < -0.3 is 15.2 Å². The molecule has 11 heteroatoms. The van der Waals surface area contributed by atoms with Gasteiger partial charge in [0.15, 0.2) is 0 Å². The van der Waals surface area contributed by atoms with Gasteiger partial charge in [-0.3, -0.25) is 19.1 Å². The third-order valence-corrected chi connectivity index (χ3v) is 3.13. The highest BCUT2D eigenvalue weighted by Gasteiger charge is 2.38. The number of rotatable bonds is 8. The zero-order valence-electron chi connectivity index (χ0n) is 12.9. The molecule has 0 unspecified atom stereocenters. The van der Waals surface area contributed by atoms with Gasteiger partial charge >= 0.3 is 17.8 Å². The molecule has 0 fully saturated rings. The van der Waals surface area contributed by atoms with Gasteiger partial charge in [-0.2, -0.15) is 13.2 Å². The molecule has 8 nitrogen and oxygen atoms in total. The van der Waals surface area contributed by atoms with Gasteiger partial charge in [-0.05, 0) is 12.8 Å². The average Bonchev–Trinajstić information content (AvgIpc) is 2.50. The van der Waals surface area contributed by atoms with Crippen LogP contribution in [-0.4, -0.2) is 46.0 Å². The summed E-state index contributed by atoms with van der Waals surface area (Å²) in [5, 5.41) is 10.6. The molecule has 1 amide bonds. The van der Waals surface area contributed by atoms with Crippen molar-refractivity contribution in [3.05, 3.63) is 32.6 Å². The molecule has 1 aromatic heterocycles. The maximum Gasteiger partial charge on any atom is 0.471 e. The average molecular weight is 353 g/mol. The van der Waals surface area contributed by atoms with Crippen molar-refractivity contribution in [2.45, 2.75) is 38.8 Å². The molecule has 0 spiro atoms. The molecule has 0 aliphatic carbocycles. The van der Waals surface area contributed by atoms with E-state index in [0.717, 1.165) is 10.8 Å². The number of nitrogens with zero attached hydrogens (tertiary/aromatic N) is 1. The van der Waals surface area contributed by atoms with Gasteiger partial charge in [0, 0.05) is 18.3 Å². The Bertz CT molecular complexity index is 664. The number of hydrogen-bond acceptors (Lipinski definition) is 5. The van der Waals surface area contributed by atoms with Crippen molar-refractivity contribution in [1.82, 2.24) is 14.9 Å². The largest absolute Gasteiger partial charge is 0.471 e. The SMILES string of the molecule is CC[C@@H](CO)OCn1cc(CCNC(=O)C(F)(F)F)c(=O)[nH]c1=O. The number of carbonyl (C=O) groups excluding carboxylic acids is 1. The lowest BCUT2D eigenvalue weighted by atomic mass is 10.2. The first-order valence-corrected chi connectivity index (χ1v) is 7.09. The number of aromatic nitrogens is 2. The number of carbonyl (C=O) groups is 1. The summed E-state index contributed by atoms with van der Waals surface area (Å²) in [6.45, 7) is 0.863. The first-order valence-electron chi connectivity index (χ1n) is 7.09. The number of nitrogens with one attached hydrogen (secondary N) is 2. The molecule has 0 aliphatic heterocycles. The second-order valence-corrected chi connectivity index (χ2v) is 4.90. The van der Waals surface area contributed by atoms with E-state index in [0.29, 0.717) is 6.42 Å². The molecule has 0 radical (unpaired) electrons. The Morgan fingerprint density at radius 1 is 1.46 bits per heavy atom. The van der Waals surface area contributed by atoms with E-state index >= 15 is 0 Å². The van der Waals surface area contributed by atoms with E-state index in [4.69, 9.17) is 9.84 Å². The van der Waals surface area contributed by atoms with Crippen LogP contribution in [0.2, 0.25) is 0 Å². The summed E-state index contributed by atoms with van der Waals surface area (Å²) in [5.74, 6) is -2.11. The van der Waals surface area contributed by atoms with Crippen LogP contribution in [0.3, 0.4) is 0 Å². The Morgan fingerprint density at radius 3 is 2.67 bits per heavy atom. The van der Waals surface area contributed by atoms with Gasteiger partial charge in [0.05, 0.1) is 12.7 Å². The van der Waals surface area contributed by atoms with Crippen molar-refractivity contribution in [3.63, 3.8) is 0 Å². The van der Waals surface area contributed by atoms with E-state index in [2.05, 4.69) is 0 Å². The van der Waals surface area contributed by atoms with Crippen LogP contribution in [0.4, 0.5) is 13.2 Å². The van der Waals surface area contributed by atoms with Gasteiger partial charge in [-0.1, -0.05) is 6.92 Å². The number of H-pyrrole nitrogens is 1. The monoisotopic (exact) mass is 353 g/mol. The number of aliphatic hydroxyl groups is 1. The van der Waals surface area contributed by atoms with E-state index in [1.165, 1.54) is 0 Å². The van der Waals surface area contributed by atoms with Crippen LogP contribution in [0.1, 0.15) is 18.9 Å². The Kier molecular flexibility index (Phi) is 7.17. The fourth-order valence-electron chi connectivity index (χ4n) is 1.72. The van der Waals surface area contributed by atoms with E-state index < -0.39 is 36.0 Å². The molecule has 0 aromatic carbocycles. The molecule has 1 heterocycles. The predicted octanol–water partition coefficient (Wildman–Crippen LogP) is -0.497. The Hall–Kier alpha value is -2.14. The zero-order chi connectivity index (χ0) is 18.3. The molecule has 0 saturated carbocycles. The normalized spacial score (nSPS) is 12.9. The maximum absolute atomic E-state index is 12.1. The minimum Gasteiger partial charge on any atom is -0.394 e. The van der Waals surface area contributed by atoms with Gasteiger partial charge in [0.1, 0.15) is 6.73 Å². The minimum atomic E-state index is -5.00. The Balaban J connectivity index is 2.75. The van der Waals surface area contributed by atoms with E-state index in [1.54, 1.807) is 12.2 Å². The summed E-state index contributed by atoms with van der Waals surface area (Å²) in [5.41, 5.74) is -1.50. The van der Waals surface area contributed by atoms with E-state index in [-0.39, 0.29) is 25.3 Å². The molecule has 136 valence electrons. The highest BCUT2D eigenvalue weighted by atomic mass is 19.4. The van der Waals surface area contributed by atoms with Gasteiger partial charge in [0.2, 0.25) is 0 Å². The summed E-state index contributed by atoms with van der Waals surface area (Å²) in [4.78, 5) is 36.0. The van der Waals surface area contributed by atoms with Crippen molar-refractivity contribution in [3.8, 4) is 0 Å². The third-order valence-electron chi connectivity index (χ3n) is 3.13. The van der Waals surface area contributed by atoms with Crippen LogP contribution in [0.25, 0.3) is 0 Å². The van der Waals surface area contributed by atoms with Crippen LogP contribution in [-0.2, 0) is 22.7 Å². The van der Waals surface area contributed by atoms with E-state index in [9.17, 15) is 27.6 Å². The van der Waals surface area contributed by atoms with Gasteiger partial charge in [-0.25, -0.2) is 4.79 Å². The number of aromatic amines is 1. The summed E-state index contributed by atoms with van der Waals surface area (Å²) in [6.07, 6.45) is -4.04. The highest BCUT2D eigenvalue weighted by molar-refractivity contribution is 5.81. The van der Waals surface area contributed by atoms with Gasteiger partial charge in [0.25, 0.3) is 5.56 Å². The number of amides is 1. The standard InChI is InChI=1S/C13H18F3N3O5/c1-2-9(6-20)24-7-19-5-8(10(21)18-12(19)23)3-4-17-11(22)13(14,15)16/h5,9,20H,2-4,6-7H2,1H3,(H,17,22)(H,18,21,23)/t9-/m0/s1. The summed E-state index contributed by atoms with van der Waals surface area (Å²) in [7, 11) is 0. The van der Waals surface area contributed by atoms with Crippen molar-refractivity contribution in [1.29, 1.82) is 0 Å². The summed E-state index contributed by atoms with van der Waals surface area (Å²) < 4.78 is 42.4.